The van der Waals surface area contributed by atoms with Crippen LogP contribution in [-0.2, 0) is 21.2 Å². The SMILES string of the molecule is CS(=O)(=O)N1CC(=O)N2[C@H](CO)[C@H](c3ccc(C#CCc4ccccc4)cc3)[C@@H]2C1. The van der Waals surface area contributed by atoms with Gasteiger partial charge in [0.25, 0.3) is 0 Å². The highest BCUT2D eigenvalue weighted by atomic mass is 32.2. The first-order valence-corrected chi connectivity index (χ1v) is 11.7. The molecule has 2 aromatic rings. The number of aliphatic hydroxyl groups excluding tert-OH is 1. The van der Waals surface area contributed by atoms with E-state index >= 15 is 0 Å². The van der Waals surface area contributed by atoms with Crippen LogP contribution >= 0.6 is 0 Å². The van der Waals surface area contributed by atoms with Crippen molar-refractivity contribution < 1.29 is 18.3 Å². The molecule has 2 fully saturated rings. The molecule has 0 aliphatic carbocycles. The van der Waals surface area contributed by atoms with Gasteiger partial charge in [-0.25, -0.2) is 8.42 Å². The van der Waals surface area contributed by atoms with Gasteiger partial charge >= 0.3 is 0 Å². The Balaban J connectivity index is 1.50. The van der Waals surface area contributed by atoms with Gasteiger partial charge in [-0.1, -0.05) is 54.3 Å². The van der Waals surface area contributed by atoms with Crippen molar-refractivity contribution in [2.24, 2.45) is 0 Å². The summed E-state index contributed by atoms with van der Waals surface area (Å²) in [7, 11) is -3.45. The molecule has 2 aliphatic rings. The Hall–Kier alpha value is -2.66. The Morgan fingerprint density at radius 3 is 2.43 bits per heavy atom. The van der Waals surface area contributed by atoms with Crippen LogP contribution in [0.1, 0.15) is 22.6 Å². The van der Waals surface area contributed by atoms with Gasteiger partial charge in [-0.15, -0.1) is 0 Å². The number of benzene rings is 2. The zero-order valence-corrected chi connectivity index (χ0v) is 17.5. The van der Waals surface area contributed by atoms with Crippen LogP contribution in [-0.4, -0.2) is 66.7 Å². The van der Waals surface area contributed by atoms with E-state index in [1.165, 1.54) is 9.87 Å². The fourth-order valence-corrected chi connectivity index (χ4v) is 5.12. The van der Waals surface area contributed by atoms with E-state index in [-0.39, 0.29) is 43.6 Å². The first kappa shape index (κ1) is 20.6. The molecule has 2 saturated heterocycles. The Kier molecular flexibility index (Phi) is 5.65. The monoisotopic (exact) mass is 424 g/mol. The van der Waals surface area contributed by atoms with Crippen molar-refractivity contribution in [1.29, 1.82) is 0 Å². The molecule has 2 heterocycles. The lowest BCUT2D eigenvalue weighted by atomic mass is 9.74. The van der Waals surface area contributed by atoms with Crippen molar-refractivity contribution in [1.82, 2.24) is 9.21 Å². The van der Waals surface area contributed by atoms with Crippen molar-refractivity contribution in [3.8, 4) is 11.8 Å². The Morgan fingerprint density at radius 1 is 1.10 bits per heavy atom. The number of hydrogen-bond donors (Lipinski definition) is 1. The summed E-state index contributed by atoms with van der Waals surface area (Å²) < 4.78 is 25.1. The summed E-state index contributed by atoms with van der Waals surface area (Å²) in [5, 5.41) is 9.83. The van der Waals surface area contributed by atoms with Gasteiger partial charge in [0.2, 0.25) is 15.9 Å². The zero-order chi connectivity index (χ0) is 21.3. The molecule has 1 amide bonds. The number of carbonyl (C=O) groups is 1. The number of rotatable bonds is 4. The molecule has 2 aromatic carbocycles. The Morgan fingerprint density at radius 2 is 1.80 bits per heavy atom. The van der Waals surface area contributed by atoms with Gasteiger partial charge < -0.3 is 10.0 Å². The fourth-order valence-electron chi connectivity index (χ4n) is 4.36. The number of carbonyl (C=O) groups excluding carboxylic acids is 1. The van der Waals surface area contributed by atoms with Gasteiger partial charge in [-0.05, 0) is 23.3 Å². The predicted octanol–water partition coefficient (Wildman–Crippen LogP) is 1.21. The second-order valence-electron chi connectivity index (χ2n) is 7.79. The summed E-state index contributed by atoms with van der Waals surface area (Å²) in [4.78, 5) is 14.1. The lowest BCUT2D eigenvalue weighted by molar-refractivity contribution is -0.158. The van der Waals surface area contributed by atoms with Crippen LogP contribution < -0.4 is 0 Å². The van der Waals surface area contributed by atoms with E-state index < -0.39 is 10.0 Å². The maximum atomic E-state index is 12.4. The largest absolute Gasteiger partial charge is 0.394 e. The van der Waals surface area contributed by atoms with Crippen LogP contribution in [0.15, 0.2) is 54.6 Å². The van der Waals surface area contributed by atoms with E-state index in [2.05, 4.69) is 11.8 Å². The summed E-state index contributed by atoms with van der Waals surface area (Å²) in [6, 6.07) is 17.3. The van der Waals surface area contributed by atoms with Crippen molar-refractivity contribution >= 4 is 15.9 Å². The minimum Gasteiger partial charge on any atom is -0.394 e. The molecule has 0 saturated carbocycles. The molecule has 1 N–H and O–H groups in total. The number of fused-ring (bicyclic) bond motifs is 1. The minimum atomic E-state index is -3.45. The molecule has 2 aliphatic heterocycles. The van der Waals surface area contributed by atoms with E-state index in [0.29, 0.717) is 6.42 Å². The fraction of sp³-hybridized carbons (Fsp3) is 0.348. The highest BCUT2D eigenvalue weighted by molar-refractivity contribution is 7.88. The number of aliphatic hydroxyl groups is 1. The van der Waals surface area contributed by atoms with Gasteiger partial charge in [-0.2, -0.15) is 4.31 Å². The average molecular weight is 425 g/mol. The van der Waals surface area contributed by atoms with Crippen molar-refractivity contribution in [3.63, 3.8) is 0 Å². The summed E-state index contributed by atoms with van der Waals surface area (Å²) in [5.41, 5.74) is 3.04. The molecular formula is C23H24N2O4S. The van der Waals surface area contributed by atoms with Gasteiger partial charge in [0.1, 0.15) is 0 Å². The zero-order valence-electron chi connectivity index (χ0n) is 16.7. The quantitative estimate of drug-likeness (QED) is 0.749. The Bertz CT molecular complexity index is 1090. The van der Waals surface area contributed by atoms with Crippen LogP contribution in [0.5, 0.6) is 0 Å². The third-order valence-corrected chi connectivity index (χ3v) is 7.07. The van der Waals surface area contributed by atoms with Crippen LogP contribution in [0.4, 0.5) is 0 Å². The third-order valence-electron chi connectivity index (χ3n) is 5.85. The Labute approximate surface area is 177 Å². The van der Waals surface area contributed by atoms with Gasteiger partial charge in [-0.3, -0.25) is 4.79 Å². The summed E-state index contributed by atoms with van der Waals surface area (Å²) in [5.74, 6) is 5.97. The highest BCUT2D eigenvalue weighted by Crippen LogP contribution is 2.43. The second-order valence-corrected chi connectivity index (χ2v) is 9.77. The summed E-state index contributed by atoms with van der Waals surface area (Å²) >= 11 is 0. The highest BCUT2D eigenvalue weighted by Gasteiger charge is 2.54. The number of hydrogen-bond acceptors (Lipinski definition) is 4. The van der Waals surface area contributed by atoms with Crippen LogP contribution in [0.2, 0.25) is 0 Å². The second kappa shape index (κ2) is 8.23. The van der Waals surface area contributed by atoms with Gasteiger partial charge in [0.05, 0.1) is 31.5 Å². The molecule has 7 heteroatoms. The van der Waals surface area contributed by atoms with Crippen LogP contribution in [0.3, 0.4) is 0 Å². The molecule has 6 nitrogen and oxygen atoms in total. The molecule has 0 aromatic heterocycles. The maximum Gasteiger partial charge on any atom is 0.238 e. The van der Waals surface area contributed by atoms with E-state index in [0.717, 1.165) is 17.4 Å². The molecule has 0 spiro atoms. The van der Waals surface area contributed by atoms with Gasteiger partial charge in [0.15, 0.2) is 0 Å². The van der Waals surface area contributed by atoms with E-state index in [1.807, 2.05) is 54.6 Å². The molecule has 0 bridgehead atoms. The molecule has 30 heavy (non-hydrogen) atoms. The third kappa shape index (κ3) is 3.99. The lowest BCUT2D eigenvalue weighted by Gasteiger charge is -2.58. The smallest absolute Gasteiger partial charge is 0.238 e. The molecule has 4 rings (SSSR count). The lowest BCUT2D eigenvalue weighted by Crippen LogP contribution is -2.73. The number of piperazine rings is 1. The van der Waals surface area contributed by atoms with Crippen LogP contribution in [0.25, 0.3) is 0 Å². The number of nitrogens with zero attached hydrogens (tertiary/aromatic N) is 2. The average Bonchev–Trinajstić information content (AvgIpc) is 2.70. The first-order chi connectivity index (χ1) is 14.4. The number of sulfonamides is 1. The first-order valence-electron chi connectivity index (χ1n) is 9.88. The molecule has 156 valence electrons. The van der Waals surface area contributed by atoms with Crippen molar-refractivity contribution in [3.05, 3.63) is 71.3 Å². The van der Waals surface area contributed by atoms with E-state index in [1.54, 1.807) is 4.90 Å². The topological polar surface area (TPSA) is 77.9 Å². The molecule has 0 radical (unpaired) electrons. The van der Waals surface area contributed by atoms with Crippen molar-refractivity contribution in [2.75, 3.05) is 26.0 Å². The van der Waals surface area contributed by atoms with Gasteiger partial charge in [0, 0.05) is 24.4 Å². The number of amides is 1. The summed E-state index contributed by atoms with van der Waals surface area (Å²) in [6.45, 7) is -0.0523. The molecular weight excluding hydrogens is 400 g/mol. The standard InChI is InChI=1S/C23H24N2O4S/c1-30(28,29)24-14-20-23(21(16-26)25(20)22(27)15-24)19-12-10-18(11-13-19)9-5-8-17-6-3-2-4-7-17/h2-4,6-7,10-13,20-21,23,26H,8,14-16H2,1H3/t20-,21+,23+/m0/s1. The molecule has 0 unspecified atom stereocenters. The maximum absolute atomic E-state index is 12.4. The minimum absolute atomic E-state index is 0.102. The molecule has 3 atom stereocenters. The van der Waals surface area contributed by atoms with Crippen LogP contribution in [0, 0.1) is 11.8 Å². The predicted molar refractivity (Wildman–Crippen MR) is 114 cm³/mol. The normalized spacial score (nSPS) is 23.9. The van der Waals surface area contributed by atoms with E-state index in [4.69, 9.17) is 0 Å². The van der Waals surface area contributed by atoms with E-state index in [9.17, 15) is 18.3 Å². The van der Waals surface area contributed by atoms with Crippen molar-refractivity contribution in [2.45, 2.75) is 24.4 Å². The summed E-state index contributed by atoms with van der Waals surface area (Å²) in [6.07, 6.45) is 1.80.